The van der Waals surface area contributed by atoms with E-state index < -0.39 is 0 Å². The van der Waals surface area contributed by atoms with E-state index in [1.165, 1.54) is 16.8 Å². The van der Waals surface area contributed by atoms with Crippen molar-refractivity contribution in [2.75, 3.05) is 36.8 Å². The molecule has 0 saturated carbocycles. The molecule has 0 bridgehead atoms. The average molecular weight is 282 g/mol. The first-order chi connectivity index (χ1) is 10.2. The van der Waals surface area contributed by atoms with Crippen molar-refractivity contribution in [1.82, 2.24) is 9.88 Å². The lowest BCUT2D eigenvalue weighted by Crippen LogP contribution is -2.46. The van der Waals surface area contributed by atoms with Gasteiger partial charge in [0, 0.05) is 32.7 Å². The van der Waals surface area contributed by atoms with Crippen LogP contribution in [0.3, 0.4) is 0 Å². The third kappa shape index (κ3) is 3.34. The van der Waals surface area contributed by atoms with Gasteiger partial charge in [-0.05, 0) is 30.2 Å². The second-order valence-electron chi connectivity index (χ2n) is 5.63. The molecule has 0 atom stereocenters. The second kappa shape index (κ2) is 6.14. The number of nitrogens with zero attached hydrogens (tertiary/aromatic N) is 3. The molecule has 1 aromatic heterocycles. The standard InChI is InChI=1S/C17H22N4/c1-14-4-2-3-5-15(14)13-20-8-10-21(11-9-20)16-6-7-17(18)19-12-16/h2-7,12H,8-11,13H2,1H3,(H2,18,19). The monoisotopic (exact) mass is 282 g/mol. The van der Waals surface area contributed by atoms with Crippen molar-refractivity contribution in [2.45, 2.75) is 13.5 Å². The molecule has 0 unspecified atom stereocenters. The maximum Gasteiger partial charge on any atom is 0.123 e. The van der Waals surface area contributed by atoms with Crippen LogP contribution in [0.1, 0.15) is 11.1 Å². The van der Waals surface area contributed by atoms with Crippen molar-refractivity contribution >= 4 is 11.5 Å². The van der Waals surface area contributed by atoms with Crippen molar-refractivity contribution in [2.24, 2.45) is 0 Å². The Morgan fingerprint density at radius 2 is 1.81 bits per heavy atom. The van der Waals surface area contributed by atoms with E-state index in [0.29, 0.717) is 5.82 Å². The minimum atomic E-state index is 0.580. The van der Waals surface area contributed by atoms with E-state index in [1.54, 1.807) is 0 Å². The van der Waals surface area contributed by atoms with Gasteiger partial charge in [-0.25, -0.2) is 4.98 Å². The van der Waals surface area contributed by atoms with Gasteiger partial charge in [-0.2, -0.15) is 0 Å². The van der Waals surface area contributed by atoms with Gasteiger partial charge >= 0.3 is 0 Å². The van der Waals surface area contributed by atoms with E-state index in [1.807, 2.05) is 12.3 Å². The minimum absolute atomic E-state index is 0.580. The van der Waals surface area contributed by atoms with Gasteiger partial charge in [0.15, 0.2) is 0 Å². The molecule has 2 aromatic rings. The highest BCUT2D eigenvalue weighted by Crippen LogP contribution is 2.18. The molecule has 4 heteroatoms. The lowest BCUT2D eigenvalue weighted by molar-refractivity contribution is 0.249. The number of aryl methyl sites for hydroxylation is 1. The number of aromatic nitrogens is 1. The zero-order valence-electron chi connectivity index (χ0n) is 12.5. The van der Waals surface area contributed by atoms with Crippen molar-refractivity contribution in [3.8, 4) is 0 Å². The highest BCUT2D eigenvalue weighted by atomic mass is 15.3. The van der Waals surface area contributed by atoms with E-state index in [-0.39, 0.29) is 0 Å². The van der Waals surface area contributed by atoms with E-state index >= 15 is 0 Å². The van der Waals surface area contributed by atoms with Crippen molar-refractivity contribution in [1.29, 1.82) is 0 Å². The van der Waals surface area contributed by atoms with E-state index in [9.17, 15) is 0 Å². The number of rotatable bonds is 3. The number of piperazine rings is 1. The smallest absolute Gasteiger partial charge is 0.123 e. The molecule has 1 aliphatic rings. The third-order valence-corrected chi connectivity index (χ3v) is 4.16. The summed E-state index contributed by atoms with van der Waals surface area (Å²) >= 11 is 0. The minimum Gasteiger partial charge on any atom is -0.384 e. The SMILES string of the molecule is Cc1ccccc1CN1CCN(c2ccc(N)nc2)CC1. The van der Waals surface area contributed by atoms with Gasteiger partial charge in [-0.15, -0.1) is 0 Å². The molecular weight excluding hydrogens is 260 g/mol. The van der Waals surface area contributed by atoms with E-state index in [2.05, 4.69) is 52.0 Å². The normalized spacial score (nSPS) is 16.1. The Bertz CT molecular complexity index is 586. The van der Waals surface area contributed by atoms with Gasteiger partial charge in [0.25, 0.3) is 0 Å². The Kier molecular flexibility index (Phi) is 4.06. The van der Waals surface area contributed by atoms with Crippen LogP contribution in [0.5, 0.6) is 0 Å². The first kappa shape index (κ1) is 13.9. The molecule has 1 saturated heterocycles. The molecule has 110 valence electrons. The lowest BCUT2D eigenvalue weighted by atomic mass is 10.1. The maximum absolute atomic E-state index is 5.64. The average Bonchev–Trinajstić information content (AvgIpc) is 2.51. The highest BCUT2D eigenvalue weighted by molar-refractivity contribution is 5.48. The van der Waals surface area contributed by atoms with Crippen LogP contribution in [0, 0.1) is 6.92 Å². The molecule has 3 rings (SSSR count). The fourth-order valence-electron chi connectivity index (χ4n) is 2.78. The molecule has 0 spiro atoms. The summed E-state index contributed by atoms with van der Waals surface area (Å²) in [5, 5.41) is 0. The predicted octanol–water partition coefficient (Wildman–Crippen LogP) is 2.29. The molecule has 1 aliphatic heterocycles. The van der Waals surface area contributed by atoms with Crippen molar-refractivity contribution in [3.05, 3.63) is 53.7 Å². The summed E-state index contributed by atoms with van der Waals surface area (Å²) in [7, 11) is 0. The summed E-state index contributed by atoms with van der Waals surface area (Å²) < 4.78 is 0. The highest BCUT2D eigenvalue weighted by Gasteiger charge is 2.17. The van der Waals surface area contributed by atoms with Gasteiger partial charge in [0.05, 0.1) is 11.9 Å². The molecule has 2 heterocycles. The van der Waals surface area contributed by atoms with Gasteiger partial charge in [0.1, 0.15) is 5.82 Å². The van der Waals surface area contributed by atoms with Crippen LogP contribution in [0.25, 0.3) is 0 Å². The summed E-state index contributed by atoms with van der Waals surface area (Å²) in [4.78, 5) is 9.07. The Morgan fingerprint density at radius 1 is 1.05 bits per heavy atom. The van der Waals surface area contributed by atoms with Crippen LogP contribution in [0.4, 0.5) is 11.5 Å². The fourth-order valence-corrected chi connectivity index (χ4v) is 2.78. The Labute approximate surface area is 126 Å². The van der Waals surface area contributed by atoms with Crippen LogP contribution in [-0.2, 0) is 6.54 Å². The van der Waals surface area contributed by atoms with E-state index in [4.69, 9.17) is 5.73 Å². The number of nitrogen functional groups attached to an aromatic ring is 1. The topological polar surface area (TPSA) is 45.4 Å². The second-order valence-corrected chi connectivity index (χ2v) is 5.63. The summed E-state index contributed by atoms with van der Waals surface area (Å²) in [5.74, 6) is 0.580. The summed E-state index contributed by atoms with van der Waals surface area (Å²) in [5.41, 5.74) is 9.62. The molecule has 4 nitrogen and oxygen atoms in total. The molecule has 0 aliphatic carbocycles. The number of pyridine rings is 1. The molecule has 0 amide bonds. The lowest BCUT2D eigenvalue weighted by Gasteiger charge is -2.36. The quantitative estimate of drug-likeness (QED) is 0.938. The number of nitrogens with two attached hydrogens (primary N) is 1. The van der Waals surface area contributed by atoms with Crippen LogP contribution in [-0.4, -0.2) is 36.1 Å². The van der Waals surface area contributed by atoms with Crippen LogP contribution in [0.2, 0.25) is 0 Å². The van der Waals surface area contributed by atoms with Crippen LogP contribution in [0.15, 0.2) is 42.6 Å². The Morgan fingerprint density at radius 3 is 2.48 bits per heavy atom. The first-order valence-electron chi connectivity index (χ1n) is 7.46. The molecule has 1 aromatic carbocycles. The summed E-state index contributed by atoms with van der Waals surface area (Å²) in [6, 6.07) is 12.6. The molecule has 2 N–H and O–H groups in total. The molecular formula is C17H22N4. The zero-order chi connectivity index (χ0) is 14.7. The van der Waals surface area contributed by atoms with Crippen LogP contribution < -0.4 is 10.6 Å². The van der Waals surface area contributed by atoms with Gasteiger partial charge in [0.2, 0.25) is 0 Å². The Hall–Kier alpha value is -2.07. The number of hydrogen-bond donors (Lipinski definition) is 1. The number of anilines is 2. The zero-order valence-corrected chi connectivity index (χ0v) is 12.5. The molecule has 21 heavy (non-hydrogen) atoms. The Balaban J connectivity index is 1.58. The third-order valence-electron chi connectivity index (χ3n) is 4.16. The largest absolute Gasteiger partial charge is 0.384 e. The maximum atomic E-state index is 5.64. The predicted molar refractivity (Wildman–Crippen MR) is 87.3 cm³/mol. The molecule has 1 fully saturated rings. The van der Waals surface area contributed by atoms with Crippen molar-refractivity contribution in [3.63, 3.8) is 0 Å². The number of benzene rings is 1. The molecule has 0 radical (unpaired) electrons. The summed E-state index contributed by atoms with van der Waals surface area (Å²) in [6.45, 7) is 7.47. The van der Waals surface area contributed by atoms with Gasteiger partial charge < -0.3 is 10.6 Å². The van der Waals surface area contributed by atoms with Crippen LogP contribution >= 0.6 is 0 Å². The van der Waals surface area contributed by atoms with Crippen molar-refractivity contribution < 1.29 is 0 Å². The van der Waals surface area contributed by atoms with Gasteiger partial charge in [-0.1, -0.05) is 24.3 Å². The first-order valence-corrected chi connectivity index (χ1v) is 7.46. The van der Waals surface area contributed by atoms with E-state index in [0.717, 1.165) is 32.7 Å². The number of hydrogen-bond acceptors (Lipinski definition) is 4. The van der Waals surface area contributed by atoms with Gasteiger partial charge in [-0.3, -0.25) is 4.90 Å². The summed E-state index contributed by atoms with van der Waals surface area (Å²) in [6.07, 6.45) is 1.87. The fraction of sp³-hybridized carbons (Fsp3) is 0.353.